The van der Waals surface area contributed by atoms with Crippen molar-refractivity contribution in [3.8, 4) is 0 Å². The summed E-state index contributed by atoms with van der Waals surface area (Å²) in [5.41, 5.74) is 0. The first-order chi connectivity index (χ1) is 0. The first kappa shape index (κ1) is 26.3. The van der Waals surface area contributed by atoms with Crippen LogP contribution in [-0.4, -0.2) is 54.6 Å². The van der Waals surface area contributed by atoms with E-state index >= 15 is 0 Å². The van der Waals surface area contributed by atoms with Crippen molar-refractivity contribution in [2.24, 2.45) is 0 Å². The van der Waals surface area contributed by atoms with Crippen molar-refractivity contribution in [3.05, 3.63) is 0 Å². The molecular formula is CdPbTlZn. The summed E-state index contributed by atoms with van der Waals surface area (Å²) in [6.07, 6.45) is 0. The van der Waals surface area contributed by atoms with Gasteiger partial charge in [-0.25, -0.2) is 0 Å². The summed E-state index contributed by atoms with van der Waals surface area (Å²) >= 11 is 0. The Morgan fingerprint density at radius 1 is 1.00 bits per heavy atom. The Bertz CT molecular complexity index is 8.00. The Morgan fingerprint density at radius 3 is 1.00 bits per heavy atom. The van der Waals surface area contributed by atoms with Crippen molar-refractivity contribution in [1.82, 2.24) is 0 Å². The van der Waals surface area contributed by atoms with Gasteiger partial charge in [-0.1, -0.05) is 0 Å². The molecule has 4 heavy (non-hydrogen) atoms. The Balaban J connectivity index is 0. The number of hydrogen-bond acceptors (Lipinski definition) is 0. The molecule has 0 saturated heterocycles. The maximum Gasteiger partial charge on any atom is 0 e. The summed E-state index contributed by atoms with van der Waals surface area (Å²) in [5.74, 6) is 0. The third-order valence-corrected chi connectivity index (χ3v) is 0. The van der Waals surface area contributed by atoms with Crippen LogP contribution in [0.15, 0.2) is 0 Å². The van der Waals surface area contributed by atoms with Crippen LogP contribution < -0.4 is 0 Å². The van der Waals surface area contributed by atoms with Crippen molar-refractivity contribution in [2.75, 3.05) is 0 Å². The average Bonchev–Trinajstić information content (AvgIpc) is 0. The Kier molecular flexibility index (Phi) is 106. The summed E-state index contributed by atoms with van der Waals surface area (Å²) in [4.78, 5) is 0. The van der Waals surface area contributed by atoms with Crippen LogP contribution in [0.2, 0.25) is 0 Å². The van der Waals surface area contributed by atoms with E-state index in [4.69, 9.17) is 0 Å². The van der Waals surface area contributed by atoms with Crippen molar-refractivity contribution < 1.29 is 46.8 Å². The number of hydrogen-bond donors (Lipinski definition) is 0. The zero-order chi connectivity index (χ0) is 0. The number of rotatable bonds is 0. The molecule has 0 saturated carbocycles. The van der Waals surface area contributed by atoms with E-state index in [0.717, 1.165) is 0 Å². The second-order valence-corrected chi connectivity index (χ2v) is 0. The molecule has 0 amide bonds. The molecule has 0 aromatic carbocycles. The molecule has 11 valence electrons. The molecule has 0 fully saturated rings. The van der Waals surface area contributed by atoms with Gasteiger partial charge in [0.1, 0.15) is 0 Å². The molecule has 0 spiro atoms. The fourth-order valence-corrected chi connectivity index (χ4v) is 0. The third-order valence-electron chi connectivity index (χ3n) is 0. The topological polar surface area (TPSA) is 0 Å². The van der Waals surface area contributed by atoms with Gasteiger partial charge < -0.3 is 0 Å². The van der Waals surface area contributed by atoms with Gasteiger partial charge in [-0.3, -0.25) is 0 Å². The van der Waals surface area contributed by atoms with Gasteiger partial charge >= 0.3 is 0 Å². The predicted molar refractivity (Wildman–Crippen MR) is 11.5 cm³/mol. The van der Waals surface area contributed by atoms with Crippen LogP contribution in [0.5, 0.6) is 0 Å². The van der Waals surface area contributed by atoms with Gasteiger partial charge in [0.15, 0.2) is 0 Å². The summed E-state index contributed by atoms with van der Waals surface area (Å²) in [6, 6.07) is 0. The van der Waals surface area contributed by atoms with E-state index in [9.17, 15) is 0 Å². The second-order valence-electron chi connectivity index (χ2n) is 0. The van der Waals surface area contributed by atoms with E-state index in [0.29, 0.717) is 0 Å². The van der Waals surface area contributed by atoms with Crippen molar-refractivity contribution in [2.45, 2.75) is 0 Å². The van der Waals surface area contributed by atoms with Gasteiger partial charge in [0.05, 0.1) is 0 Å². The summed E-state index contributed by atoms with van der Waals surface area (Å²) in [5, 5.41) is 0. The fraction of sp³-hybridized carbons (Fsp3) is 0. The standard InChI is InChI=1S/Cd.Pb.Tl.Zn. The molecule has 0 N–H and O–H groups in total. The monoisotopic (exact) mass is 591 g/mol. The smallest absolute Gasteiger partial charge is 0 e. The molecule has 0 heterocycles. The molecule has 0 aliphatic carbocycles. The first-order valence-corrected chi connectivity index (χ1v) is 0. The molecule has 4 heteroatoms. The second kappa shape index (κ2) is 16.2. The van der Waals surface area contributed by atoms with Gasteiger partial charge in [0.2, 0.25) is 0 Å². The zero-order valence-corrected chi connectivity index (χ0v) is 17.9. The minimum absolute atomic E-state index is 0. The maximum atomic E-state index is 0. The van der Waals surface area contributed by atoms with Crippen LogP contribution >= 0.6 is 0 Å². The van der Waals surface area contributed by atoms with Crippen LogP contribution in [0.25, 0.3) is 0 Å². The van der Waals surface area contributed by atoms with Crippen LogP contribution in [0.1, 0.15) is 0 Å². The molecule has 0 aromatic heterocycles. The van der Waals surface area contributed by atoms with Crippen molar-refractivity contribution >= 4 is 54.6 Å². The van der Waals surface area contributed by atoms with Gasteiger partial charge in [-0.15, -0.1) is 0 Å². The van der Waals surface area contributed by atoms with Gasteiger partial charge in [-0.05, 0) is 0 Å². The minimum Gasteiger partial charge on any atom is 0 e. The normalized spacial score (nSPS) is 0. The molecule has 0 nitrogen and oxygen atoms in total. The van der Waals surface area contributed by atoms with Gasteiger partial charge in [-0.2, -0.15) is 0 Å². The average molecular weight is 589 g/mol. The molecule has 0 atom stereocenters. The fourth-order valence-electron chi connectivity index (χ4n) is 0. The van der Waals surface area contributed by atoms with E-state index in [1.807, 2.05) is 0 Å². The Labute approximate surface area is 99.1 Å². The largest absolute Gasteiger partial charge is 0 e. The van der Waals surface area contributed by atoms with Crippen LogP contribution in [0, 0.1) is 0 Å². The Morgan fingerprint density at radius 2 is 1.00 bits per heavy atom. The molecule has 0 rings (SSSR count). The van der Waals surface area contributed by atoms with E-state index in [1.54, 1.807) is 0 Å². The van der Waals surface area contributed by atoms with E-state index < -0.39 is 0 Å². The molecular weight excluding hydrogens is 589 g/mol. The molecule has 0 aliphatic rings. The minimum atomic E-state index is 0. The molecule has 0 unspecified atom stereocenters. The maximum absolute atomic E-state index is 0. The van der Waals surface area contributed by atoms with Gasteiger partial charge in [0, 0.05) is 101 Å². The van der Waals surface area contributed by atoms with E-state index in [-0.39, 0.29) is 101 Å². The van der Waals surface area contributed by atoms with Crippen LogP contribution in [-0.2, 0) is 46.8 Å². The van der Waals surface area contributed by atoms with E-state index in [2.05, 4.69) is 0 Å². The SMILES string of the molecule is [Cd].[Pb].[Tl].[Zn]. The summed E-state index contributed by atoms with van der Waals surface area (Å²) in [6.45, 7) is 0. The van der Waals surface area contributed by atoms with Crippen molar-refractivity contribution in [3.63, 3.8) is 0 Å². The molecule has 0 aromatic rings. The van der Waals surface area contributed by atoms with Crippen LogP contribution in [0.4, 0.5) is 0 Å². The quantitative estimate of drug-likeness (QED) is 0.326. The van der Waals surface area contributed by atoms with E-state index in [1.165, 1.54) is 0 Å². The predicted octanol–water partition coefficient (Wildman–Crippen LogP) is -0.767. The van der Waals surface area contributed by atoms with Crippen molar-refractivity contribution in [1.29, 1.82) is 0 Å². The molecule has 0 aliphatic heterocycles. The third kappa shape index (κ3) is 9.04. The summed E-state index contributed by atoms with van der Waals surface area (Å²) < 4.78 is 0. The van der Waals surface area contributed by atoms with Crippen LogP contribution in [0.3, 0.4) is 0 Å². The zero-order valence-electron chi connectivity index (χ0n) is 2.49. The summed E-state index contributed by atoms with van der Waals surface area (Å²) in [7, 11) is 0. The van der Waals surface area contributed by atoms with Gasteiger partial charge in [0.25, 0.3) is 0 Å². The first-order valence-electron chi connectivity index (χ1n) is 0. The Hall–Kier alpha value is 3.39. The molecule has 0 bridgehead atoms. The molecule has 5 radical (unpaired) electrons.